The summed E-state index contributed by atoms with van der Waals surface area (Å²) in [6.07, 6.45) is 3.96. The number of amidine groups is 1. The lowest BCUT2D eigenvalue weighted by Gasteiger charge is -2.21. The van der Waals surface area contributed by atoms with Crippen LogP contribution in [0.5, 0.6) is 0 Å². The minimum Gasteiger partial charge on any atom is -0.409 e. The van der Waals surface area contributed by atoms with E-state index in [0.717, 1.165) is 11.9 Å². The van der Waals surface area contributed by atoms with Crippen molar-refractivity contribution in [3.05, 3.63) is 36.2 Å². The number of benzene rings is 1. The van der Waals surface area contributed by atoms with E-state index in [4.69, 9.17) is 10.9 Å². The Kier molecular flexibility index (Phi) is 4.65. The van der Waals surface area contributed by atoms with Crippen LogP contribution >= 0.6 is 0 Å². The average molecular weight is 287 g/mol. The van der Waals surface area contributed by atoms with E-state index in [9.17, 15) is 4.79 Å². The smallest absolute Gasteiger partial charge is 0.254 e. The van der Waals surface area contributed by atoms with Gasteiger partial charge in [0.05, 0.1) is 17.6 Å². The normalized spacial score (nSPS) is 11.6. The maximum Gasteiger partial charge on any atom is 0.254 e. The summed E-state index contributed by atoms with van der Waals surface area (Å²) >= 11 is 0. The topological polar surface area (TPSA) is 105 Å². The van der Waals surface area contributed by atoms with Crippen LogP contribution in [0.2, 0.25) is 0 Å². The summed E-state index contributed by atoms with van der Waals surface area (Å²) < 4.78 is 0. The first-order valence-corrected chi connectivity index (χ1v) is 6.62. The first-order valence-electron chi connectivity index (χ1n) is 6.62. The number of aromatic nitrogens is 2. The Morgan fingerprint density at radius 3 is 2.71 bits per heavy atom. The summed E-state index contributed by atoms with van der Waals surface area (Å²) in [5.74, 6) is -0.187. The van der Waals surface area contributed by atoms with E-state index in [1.165, 1.54) is 4.90 Å². The molecule has 2 rings (SSSR count). The lowest BCUT2D eigenvalue weighted by Crippen LogP contribution is -2.39. The molecule has 0 atom stereocenters. The van der Waals surface area contributed by atoms with Gasteiger partial charge >= 0.3 is 0 Å². The molecule has 1 amide bonds. The minimum atomic E-state index is -0.184. The molecule has 3 N–H and O–H groups in total. The first kappa shape index (κ1) is 14.7. The molecule has 1 heterocycles. The largest absolute Gasteiger partial charge is 0.409 e. The molecule has 0 unspecified atom stereocenters. The quantitative estimate of drug-likeness (QED) is 0.372. The molecule has 0 spiro atoms. The monoisotopic (exact) mass is 287 g/mol. The third kappa shape index (κ3) is 3.44. The Hall–Kier alpha value is -2.70. The highest BCUT2D eigenvalue weighted by molar-refractivity contribution is 5.99. The van der Waals surface area contributed by atoms with Crippen LogP contribution in [0.1, 0.15) is 23.7 Å². The average Bonchev–Trinajstić information content (AvgIpc) is 2.53. The molecule has 7 heteroatoms. The zero-order valence-corrected chi connectivity index (χ0v) is 11.7. The standard InChI is InChI=1S/C14H17N5O2/c1-2-7-19(9-13(15)18-21)14(20)10-3-4-11-12(8-10)17-6-5-16-11/h3-6,8,21H,2,7,9H2,1H3,(H2,15,18). The van der Waals surface area contributed by atoms with Crippen LogP contribution < -0.4 is 5.73 Å². The van der Waals surface area contributed by atoms with E-state index in [-0.39, 0.29) is 18.3 Å². The third-order valence-corrected chi connectivity index (χ3v) is 2.98. The first-order chi connectivity index (χ1) is 10.2. The molecule has 1 aromatic heterocycles. The molecule has 0 aliphatic carbocycles. The van der Waals surface area contributed by atoms with Gasteiger partial charge < -0.3 is 15.8 Å². The lowest BCUT2D eigenvalue weighted by atomic mass is 10.1. The second-order valence-electron chi connectivity index (χ2n) is 4.58. The maximum atomic E-state index is 12.5. The van der Waals surface area contributed by atoms with Crippen molar-refractivity contribution >= 4 is 22.8 Å². The Labute approximate surface area is 122 Å². The molecule has 0 fully saturated rings. The van der Waals surface area contributed by atoms with Crippen LogP contribution in [-0.2, 0) is 0 Å². The van der Waals surface area contributed by atoms with Crippen LogP contribution in [0.25, 0.3) is 11.0 Å². The van der Waals surface area contributed by atoms with Gasteiger partial charge in [-0.15, -0.1) is 0 Å². The van der Waals surface area contributed by atoms with E-state index in [1.54, 1.807) is 30.6 Å². The molecule has 1 aromatic carbocycles. The molecule has 0 aliphatic heterocycles. The fourth-order valence-corrected chi connectivity index (χ4v) is 2.03. The molecule has 2 aromatic rings. The molecule has 0 bridgehead atoms. The highest BCUT2D eigenvalue weighted by atomic mass is 16.4. The number of carbonyl (C=O) groups is 1. The molecule has 0 saturated heterocycles. The van der Waals surface area contributed by atoms with Crippen molar-refractivity contribution in [1.29, 1.82) is 0 Å². The third-order valence-electron chi connectivity index (χ3n) is 2.98. The fraction of sp³-hybridized carbons (Fsp3) is 0.286. The van der Waals surface area contributed by atoms with Crippen LogP contribution in [0.3, 0.4) is 0 Å². The van der Waals surface area contributed by atoms with Crippen molar-refractivity contribution in [2.45, 2.75) is 13.3 Å². The SMILES string of the molecule is CCCN(CC(N)=NO)C(=O)c1ccc2nccnc2c1. The Balaban J connectivity index is 2.29. The van der Waals surface area contributed by atoms with Crippen molar-refractivity contribution in [2.24, 2.45) is 10.9 Å². The van der Waals surface area contributed by atoms with Crippen molar-refractivity contribution in [2.75, 3.05) is 13.1 Å². The number of hydrogen-bond acceptors (Lipinski definition) is 5. The lowest BCUT2D eigenvalue weighted by molar-refractivity contribution is 0.0778. The van der Waals surface area contributed by atoms with E-state index < -0.39 is 0 Å². The highest BCUT2D eigenvalue weighted by Crippen LogP contribution is 2.13. The highest BCUT2D eigenvalue weighted by Gasteiger charge is 2.17. The maximum absolute atomic E-state index is 12.5. The van der Waals surface area contributed by atoms with E-state index in [2.05, 4.69) is 15.1 Å². The zero-order valence-electron chi connectivity index (χ0n) is 11.7. The van der Waals surface area contributed by atoms with Gasteiger partial charge in [-0.1, -0.05) is 12.1 Å². The van der Waals surface area contributed by atoms with Gasteiger partial charge in [-0.3, -0.25) is 14.8 Å². The number of nitrogens with zero attached hydrogens (tertiary/aromatic N) is 4. The second kappa shape index (κ2) is 6.65. The summed E-state index contributed by atoms with van der Waals surface area (Å²) in [7, 11) is 0. The number of rotatable bonds is 5. The number of hydrogen-bond donors (Lipinski definition) is 2. The predicted molar refractivity (Wildman–Crippen MR) is 79.1 cm³/mol. The Morgan fingerprint density at radius 1 is 1.33 bits per heavy atom. The van der Waals surface area contributed by atoms with Crippen LogP contribution in [-0.4, -0.2) is 44.9 Å². The molecule has 0 saturated carbocycles. The summed E-state index contributed by atoms with van der Waals surface area (Å²) in [6.45, 7) is 2.56. The van der Waals surface area contributed by atoms with Gasteiger partial charge in [-0.2, -0.15) is 0 Å². The molecule has 21 heavy (non-hydrogen) atoms. The van der Waals surface area contributed by atoms with E-state index in [0.29, 0.717) is 17.6 Å². The number of fused-ring (bicyclic) bond motifs is 1. The van der Waals surface area contributed by atoms with Gasteiger partial charge in [-0.25, -0.2) is 0 Å². The number of nitrogens with two attached hydrogens (primary N) is 1. The van der Waals surface area contributed by atoms with Crippen molar-refractivity contribution in [3.63, 3.8) is 0 Å². The van der Waals surface area contributed by atoms with Crippen molar-refractivity contribution in [1.82, 2.24) is 14.9 Å². The second-order valence-corrected chi connectivity index (χ2v) is 4.58. The van der Waals surface area contributed by atoms with Gasteiger partial charge in [0.25, 0.3) is 5.91 Å². The molecular formula is C14H17N5O2. The number of amides is 1. The summed E-state index contributed by atoms with van der Waals surface area (Å²) in [4.78, 5) is 22.4. The Morgan fingerprint density at radius 2 is 2.05 bits per heavy atom. The van der Waals surface area contributed by atoms with Gasteiger partial charge in [0, 0.05) is 24.5 Å². The van der Waals surface area contributed by atoms with Crippen LogP contribution in [0.4, 0.5) is 0 Å². The van der Waals surface area contributed by atoms with Gasteiger partial charge in [0.15, 0.2) is 5.84 Å². The van der Waals surface area contributed by atoms with Crippen molar-refractivity contribution < 1.29 is 10.0 Å². The van der Waals surface area contributed by atoms with Crippen molar-refractivity contribution in [3.8, 4) is 0 Å². The van der Waals surface area contributed by atoms with Crippen LogP contribution in [0, 0.1) is 0 Å². The molecular weight excluding hydrogens is 270 g/mol. The van der Waals surface area contributed by atoms with Gasteiger partial charge in [0.1, 0.15) is 0 Å². The zero-order chi connectivity index (χ0) is 15.2. The minimum absolute atomic E-state index is 0.00243. The molecule has 110 valence electrons. The van der Waals surface area contributed by atoms with Gasteiger partial charge in [0.2, 0.25) is 0 Å². The fourth-order valence-electron chi connectivity index (χ4n) is 2.03. The summed E-state index contributed by atoms with van der Waals surface area (Å²) in [5, 5.41) is 11.6. The van der Waals surface area contributed by atoms with Gasteiger partial charge in [-0.05, 0) is 24.6 Å². The Bertz CT molecular complexity index is 671. The van der Waals surface area contributed by atoms with Crippen LogP contribution in [0.15, 0.2) is 35.7 Å². The van der Waals surface area contributed by atoms with E-state index in [1.807, 2.05) is 6.92 Å². The summed E-state index contributed by atoms with van der Waals surface area (Å²) in [6, 6.07) is 5.15. The molecule has 7 nitrogen and oxygen atoms in total. The van der Waals surface area contributed by atoms with E-state index >= 15 is 0 Å². The summed E-state index contributed by atoms with van der Waals surface area (Å²) in [5.41, 5.74) is 7.38. The number of carbonyl (C=O) groups excluding carboxylic acids is 1. The predicted octanol–water partition coefficient (Wildman–Crippen LogP) is 1.23. The number of oxime groups is 1. The molecule has 0 aliphatic rings. The molecule has 0 radical (unpaired) electrons.